The Morgan fingerprint density at radius 1 is 1.36 bits per heavy atom. The van der Waals surface area contributed by atoms with Gasteiger partial charge < -0.3 is 9.47 Å². The van der Waals surface area contributed by atoms with E-state index in [1.807, 2.05) is 22.7 Å². The Kier molecular flexibility index (Phi) is 3.72. The van der Waals surface area contributed by atoms with Crippen LogP contribution in [0.1, 0.15) is 29.0 Å². The van der Waals surface area contributed by atoms with E-state index >= 15 is 0 Å². The fourth-order valence-electron chi connectivity index (χ4n) is 2.74. The number of aromatic nitrogens is 4. The summed E-state index contributed by atoms with van der Waals surface area (Å²) in [5.74, 6) is 0.573. The van der Waals surface area contributed by atoms with Gasteiger partial charge >= 0.3 is 5.76 Å². The molecule has 0 aliphatic heterocycles. The fourth-order valence-corrected chi connectivity index (χ4v) is 2.74. The molecule has 1 aromatic carbocycles. The fraction of sp³-hybridized carbons (Fsp3) is 0.294. The number of nitrogens with zero attached hydrogens (tertiary/aromatic N) is 4. The normalized spacial score (nSPS) is 13.8. The largest absolute Gasteiger partial charge is 0.439 e. The highest BCUT2D eigenvalue weighted by Gasteiger charge is 2.33. The molecule has 4 rings (SSSR count). The summed E-state index contributed by atoms with van der Waals surface area (Å²) in [7, 11) is 1.92. The Bertz CT molecular complexity index is 949. The van der Waals surface area contributed by atoms with Crippen LogP contribution in [0.3, 0.4) is 0 Å². The average Bonchev–Trinajstić information content (AvgIpc) is 3.24. The van der Waals surface area contributed by atoms with Gasteiger partial charge in [-0.2, -0.15) is 0 Å². The van der Waals surface area contributed by atoms with Gasteiger partial charge in [-0.3, -0.25) is 14.3 Å². The SMILES string of the molecule is Cn1ccnc1CN(C(=O)c1ccc(-c2noc(=O)[nH]2)cc1)C1CC1. The minimum atomic E-state index is -0.606. The highest BCUT2D eigenvalue weighted by atomic mass is 16.5. The maximum absolute atomic E-state index is 12.9. The second-order valence-corrected chi connectivity index (χ2v) is 6.14. The first-order valence-corrected chi connectivity index (χ1v) is 8.05. The van der Waals surface area contributed by atoms with Crippen molar-refractivity contribution in [2.24, 2.45) is 7.05 Å². The van der Waals surface area contributed by atoms with Gasteiger partial charge in [0, 0.05) is 36.6 Å². The number of carbonyl (C=O) groups is 1. The molecule has 128 valence electrons. The highest BCUT2D eigenvalue weighted by molar-refractivity contribution is 5.95. The van der Waals surface area contributed by atoms with Crippen molar-refractivity contribution in [1.29, 1.82) is 0 Å². The number of aryl methyl sites for hydroxylation is 1. The average molecular weight is 339 g/mol. The van der Waals surface area contributed by atoms with Gasteiger partial charge in [0.25, 0.3) is 5.91 Å². The van der Waals surface area contributed by atoms with Crippen molar-refractivity contribution in [3.8, 4) is 11.4 Å². The summed E-state index contributed by atoms with van der Waals surface area (Å²) in [6.07, 6.45) is 5.65. The van der Waals surface area contributed by atoms with Crippen molar-refractivity contribution in [2.75, 3.05) is 0 Å². The van der Waals surface area contributed by atoms with Crippen LogP contribution in [0.4, 0.5) is 0 Å². The van der Waals surface area contributed by atoms with Gasteiger partial charge in [-0.25, -0.2) is 9.78 Å². The van der Waals surface area contributed by atoms with E-state index in [-0.39, 0.29) is 11.9 Å². The Morgan fingerprint density at radius 3 is 2.68 bits per heavy atom. The molecule has 0 atom stereocenters. The van der Waals surface area contributed by atoms with Gasteiger partial charge in [0.05, 0.1) is 6.54 Å². The van der Waals surface area contributed by atoms with Gasteiger partial charge in [0.1, 0.15) is 5.82 Å². The maximum atomic E-state index is 12.9. The molecule has 0 spiro atoms. The van der Waals surface area contributed by atoms with Crippen LogP contribution >= 0.6 is 0 Å². The molecule has 1 aliphatic rings. The van der Waals surface area contributed by atoms with Crippen LogP contribution in [-0.4, -0.2) is 36.5 Å². The zero-order valence-corrected chi connectivity index (χ0v) is 13.7. The smallest absolute Gasteiger partial charge is 0.337 e. The Hall–Kier alpha value is -3.16. The number of H-pyrrole nitrogens is 1. The van der Waals surface area contributed by atoms with E-state index in [2.05, 4.69) is 19.6 Å². The third kappa shape index (κ3) is 3.10. The number of imidazole rings is 1. The first kappa shape index (κ1) is 15.4. The third-order valence-electron chi connectivity index (χ3n) is 4.33. The molecule has 1 saturated carbocycles. The van der Waals surface area contributed by atoms with E-state index in [0.717, 1.165) is 18.7 Å². The molecule has 1 N–H and O–H groups in total. The number of carbonyl (C=O) groups excluding carboxylic acids is 1. The second kappa shape index (κ2) is 6.04. The number of hydrogen-bond acceptors (Lipinski definition) is 5. The van der Waals surface area contributed by atoms with Crippen molar-refractivity contribution in [3.63, 3.8) is 0 Å². The first-order valence-electron chi connectivity index (χ1n) is 8.05. The topological polar surface area (TPSA) is 97.0 Å². The molecule has 1 fully saturated rings. The van der Waals surface area contributed by atoms with E-state index in [4.69, 9.17) is 0 Å². The highest BCUT2D eigenvalue weighted by Crippen LogP contribution is 2.30. The van der Waals surface area contributed by atoms with Gasteiger partial charge in [0.15, 0.2) is 5.82 Å². The molecule has 1 aliphatic carbocycles. The minimum Gasteiger partial charge on any atom is -0.337 e. The zero-order valence-electron chi connectivity index (χ0n) is 13.7. The van der Waals surface area contributed by atoms with Crippen molar-refractivity contribution >= 4 is 5.91 Å². The zero-order chi connectivity index (χ0) is 17.4. The molecule has 3 aromatic rings. The summed E-state index contributed by atoms with van der Waals surface area (Å²) >= 11 is 0. The van der Waals surface area contributed by atoms with Crippen LogP contribution in [0.2, 0.25) is 0 Å². The van der Waals surface area contributed by atoms with Crippen LogP contribution in [0.25, 0.3) is 11.4 Å². The van der Waals surface area contributed by atoms with E-state index in [9.17, 15) is 9.59 Å². The van der Waals surface area contributed by atoms with Gasteiger partial charge in [-0.15, -0.1) is 0 Å². The summed E-state index contributed by atoms with van der Waals surface area (Å²) in [5.41, 5.74) is 1.28. The molecular formula is C17H17N5O3. The molecule has 2 heterocycles. The van der Waals surface area contributed by atoms with Crippen molar-refractivity contribution in [2.45, 2.75) is 25.4 Å². The summed E-state index contributed by atoms with van der Waals surface area (Å²) in [4.78, 5) is 32.6. The van der Waals surface area contributed by atoms with E-state index < -0.39 is 5.76 Å². The summed E-state index contributed by atoms with van der Waals surface area (Å²) in [6.45, 7) is 0.491. The summed E-state index contributed by atoms with van der Waals surface area (Å²) < 4.78 is 6.42. The number of benzene rings is 1. The number of amides is 1. The van der Waals surface area contributed by atoms with Gasteiger partial charge in [-0.05, 0) is 25.0 Å². The molecule has 0 radical (unpaired) electrons. The molecule has 0 bridgehead atoms. The van der Waals surface area contributed by atoms with Crippen LogP contribution in [0, 0.1) is 0 Å². The lowest BCUT2D eigenvalue weighted by Gasteiger charge is -2.22. The lowest BCUT2D eigenvalue weighted by molar-refractivity contribution is 0.0724. The number of rotatable bonds is 5. The van der Waals surface area contributed by atoms with Crippen molar-refractivity contribution < 1.29 is 9.32 Å². The van der Waals surface area contributed by atoms with E-state index in [1.165, 1.54) is 0 Å². The number of hydrogen-bond donors (Lipinski definition) is 1. The standard InChI is InChI=1S/C17H17N5O3/c1-21-9-8-18-14(21)10-22(13-6-7-13)16(23)12-4-2-11(3-5-12)15-19-17(24)25-20-15/h2-5,8-9,13H,6-7,10H2,1H3,(H,19,20,24). The van der Waals surface area contributed by atoms with Crippen LogP contribution in [0.5, 0.6) is 0 Å². The van der Waals surface area contributed by atoms with Gasteiger partial charge in [0.2, 0.25) is 0 Å². The molecule has 8 heteroatoms. The molecule has 25 heavy (non-hydrogen) atoms. The summed E-state index contributed by atoms with van der Waals surface area (Å²) in [5, 5.41) is 3.64. The first-order chi connectivity index (χ1) is 12.1. The summed E-state index contributed by atoms with van der Waals surface area (Å²) in [6, 6.07) is 7.23. The van der Waals surface area contributed by atoms with Crippen LogP contribution < -0.4 is 5.76 Å². The molecule has 0 unspecified atom stereocenters. The van der Waals surface area contributed by atoms with E-state index in [0.29, 0.717) is 23.5 Å². The van der Waals surface area contributed by atoms with Crippen molar-refractivity contribution in [3.05, 3.63) is 58.6 Å². The number of nitrogens with one attached hydrogen (secondary N) is 1. The van der Waals surface area contributed by atoms with Crippen LogP contribution in [0.15, 0.2) is 46.0 Å². The monoisotopic (exact) mass is 339 g/mol. The predicted octanol–water partition coefficient (Wildman–Crippen LogP) is 1.57. The van der Waals surface area contributed by atoms with Crippen molar-refractivity contribution in [1.82, 2.24) is 24.6 Å². The molecule has 8 nitrogen and oxygen atoms in total. The predicted molar refractivity (Wildman–Crippen MR) is 88.7 cm³/mol. The quantitative estimate of drug-likeness (QED) is 0.761. The lowest BCUT2D eigenvalue weighted by atomic mass is 10.1. The Balaban J connectivity index is 1.56. The van der Waals surface area contributed by atoms with Gasteiger partial charge in [-0.1, -0.05) is 17.3 Å². The molecular weight excluding hydrogens is 322 g/mol. The van der Waals surface area contributed by atoms with Crippen LogP contribution in [-0.2, 0) is 13.6 Å². The molecule has 0 saturated heterocycles. The lowest BCUT2D eigenvalue weighted by Crippen LogP contribution is -2.33. The Morgan fingerprint density at radius 2 is 2.12 bits per heavy atom. The third-order valence-corrected chi connectivity index (χ3v) is 4.33. The minimum absolute atomic E-state index is 0.0225. The second-order valence-electron chi connectivity index (χ2n) is 6.14. The molecule has 2 aromatic heterocycles. The van der Waals surface area contributed by atoms with E-state index in [1.54, 1.807) is 30.5 Å². The molecule has 1 amide bonds. The Labute approximate surface area is 143 Å². The maximum Gasteiger partial charge on any atom is 0.439 e. The number of aromatic amines is 1.